The number of fused-ring (bicyclic) bond motifs is 14. The molecule has 8 aliphatic rings. The van der Waals surface area contributed by atoms with Crippen molar-refractivity contribution in [2.45, 2.75) is 200 Å². The fraction of sp³-hybridized carbons (Fsp3) is 0.662. The van der Waals surface area contributed by atoms with E-state index >= 15 is 0 Å². The SMILES string of the molecule is CC[C@@H]1[C@@H]2CN(C(=O)[C@H](C(C)(C)C)NC(=O)O[C@@H]3CC4CC4[C@H]3CCCCCc3nc4ccc(Cl)cc4nc3O2)[C@@H]1[C-]=O.C[C@@H]1[C@@H]2CN(C(=O)[C@H](C(C)(C)C)NC(=O)O[C@@H]3CC4CC4[C@H]3CCCCCc3nc4ccc(Cl)cc4nc3O2)[C@@H]1[C-]=O.[V].[V]. The standard InChI is InChI=1S/C33H42ClN4O5.C32H40ClN4O5.2V/c1-5-20-26(17-39)38-16-28(20)42-30-24(35-23-12-11-19(34)15-25(23)36-30)10-8-6-7-9-21-22-13-18(22)14-27(21)43-32(41)37-29(31(38)40)33(2,3)4;1-17-25(16-38)37-15-27(17)41-29-23(34-22-11-10-19(33)14-24(22)35-29)9-7-5-6-8-20-21-12-18(21)13-26(20)42-31(40)36-28(30(37)39)32(2,3)4;;/h11-12,15,18,20-22,26-29H,5-10,13-14,16H2,1-4H3,(H,37,41);10-11,14,17-18,20-21,25-28H,5-9,12-13,15H2,1-4H3,(H,36,40);;/q2*-1;;/t18?,20-,21+,22?,26+,27+,28-,29+;17-,18?,20+,21?,25+,26+,27-,28+;;/m00../s1. The molecule has 6 fully saturated rings. The number of nitrogens with zero attached hydrogens (tertiary/aromatic N) is 6. The smallest absolute Gasteiger partial charge is 0.408 e. The van der Waals surface area contributed by atoms with Gasteiger partial charge in [-0.15, -0.1) is 0 Å². The van der Waals surface area contributed by atoms with Crippen LogP contribution in [0.1, 0.15) is 150 Å². The fourth-order valence-corrected chi connectivity index (χ4v) is 15.2. The number of alkyl carbamates (subject to hydrolysis) is 2. The van der Waals surface area contributed by atoms with E-state index in [-0.39, 0.29) is 86.1 Å². The monoisotopic (exact) mass is 1310 g/mol. The molecule has 2 aromatic heterocycles. The maximum atomic E-state index is 14.1. The molecule has 2 saturated heterocycles. The molecule has 4 aliphatic carbocycles. The number of ether oxygens (including phenoxy) is 4. The van der Waals surface area contributed by atoms with E-state index in [9.17, 15) is 28.8 Å². The Labute approximate surface area is 544 Å². The molecule has 87 heavy (non-hydrogen) atoms. The first-order valence-corrected chi connectivity index (χ1v) is 31.9. The van der Waals surface area contributed by atoms with Crippen LogP contribution in [0.2, 0.25) is 10.0 Å². The second kappa shape index (κ2) is 27.4. The molecule has 468 valence electrons. The summed E-state index contributed by atoms with van der Waals surface area (Å²) in [6.45, 7) is 15.6. The number of hydrogen-bond acceptors (Lipinski definition) is 14. The predicted octanol–water partition coefficient (Wildman–Crippen LogP) is 10.9. The van der Waals surface area contributed by atoms with Crippen molar-refractivity contribution in [1.29, 1.82) is 0 Å². The second-order valence-electron chi connectivity index (χ2n) is 27.7. The first-order valence-electron chi connectivity index (χ1n) is 31.2. The Morgan fingerprint density at radius 2 is 0.989 bits per heavy atom. The zero-order valence-electron chi connectivity index (χ0n) is 51.1. The van der Waals surface area contributed by atoms with Gasteiger partial charge in [0.2, 0.25) is 23.6 Å². The molecule has 22 heteroatoms. The zero-order valence-corrected chi connectivity index (χ0v) is 55.4. The van der Waals surface area contributed by atoms with Gasteiger partial charge in [0.1, 0.15) is 47.9 Å². The Morgan fingerprint density at radius 1 is 0.552 bits per heavy atom. The molecule has 4 aliphatic heterocycles. The van der Waals surface area contributed by atoms with Crippen LogP contribution >= 0.6 is 23.2 Å². The molecular formula is C65H82Cl2N8O10V2-2. The minimum atomic E-state index is -0.891. The number of aryl methyl sites for hydroxylation is 2. The van der Waals surface area contributed by atoms with Crippen molar-refractivity contribution in [2.24, 2.45) is 58.2 Å². The van der Waals surface area contributed by atoms with Crippen LogP contribution in [-0.4, -0.2) is 128 Å². The van der Waals surface area contributed by atoms with E-state index in [4.69, 9.17) is 62.1 Å². The fourth-order valence-electron chi connectivity index (χ4n) is 14.9. The molecule has 4 bridgehead atoms. The van der Waals surface area contributed by atoms with Crippen molar-refractivity contribution in [3.8, 4) is 11.8 Å². The van der Waals surface area contributed by atoms with Crippen LogP contribution in [0.3, 0.4) is 0 Å². The number of amides is 4. The third kappa shape index (κ3) is 14.6. The summed E-state index contributed by atoms with van der Waals surface area (Å²) in [6, 6.07) is 7.44. The van der Waals surface area contributed by atoms with Crippen LogP contribution in [-0.2, 0) is 78.6 Å². The van der Waals surface area contributed by atoms with Crippen LogP contribution in [0.15, 0.2) is 36.4 Å². The quantitative estimate of drug-likeness (QED) is 0.182. The summed E-state index contributed by atoms with van der Waals surface area (Å²) in [5.41, 5.74) is 3.03. The van der Waals surface area contributed by atoms with Gasteiger partial charge >= 0.3 is 12.2 Å². The van der Waals surface area contributed by atoms with Crippen LogP contribution in [0.5, 0.6) is 11.8 Å². The summed E-state index contributed by atoms with van der Waals surface area (Å²) in [7, 11) is 0. The molecule has 12 rings (SSSR count). The van der Waals surface area contributed by atoms with Gasteiger partial charge in [0.25, 0.3) is 0 Å². The molecule has 4 aromatic rings. The Balaban J connectivity index is 0.000000203. The summed E-state index contributed by atoms with van der Waals surface area (Å²) in [5, 5.41) is 6.89. The van der Waals surface area contributed by atoms with E-state index < -0.39 is 59.4 Å². The number of halogens is 2. The third-order valence-electron chi connectivity index (χ3n) is 19.8. The van der Waals surface area contributed by atoms with E-state index in [0.29, 0.717) is 87.6 Å². The number of rotatable bonds is 3. The summed E-state index contributed by atoms with van der Waals surface area (Å²) in [5.74, 6) is 2.70. The maximum absolute atomic E-state index is 14.1. The molecule has 6 heterocycles. The van der Waals surface area contributed by atoms with Gasteiger partial charge in [-0.25, -0.2) is 42.1 Å². The molecule has 16 atom stereocenters. The van der Waals surface area contributed by atoms with E-state index in [1.807, 2.05) is 67.5 Å². The minimum Gasteiger partial charge on any atom is -0.540 e. The molecule has 0 spiro atoms. The molecule has 4 unspecified atom stereocenters. The van der Waals surface area contributed by atoms with Crippen molar-refractivity contribution in [3.05, 3.63) is 57.8 Å². The van der Waals surface area contributed by atoms with Gasteiger partial charge in [-0.3, -0.25) is 9.59 Å². The van der Waals surface area contributed by atoms with Crippen LogP contribution in [0.25, 0.3) is 22.1 Å². The molecule has 4 amide bonds. The van der Waals surface area contributed by atoms with Crippen LogP contribution in [0, 0.1) is 58.2 Å². The van der Waals surface area contributed by atoms with Crippen molar-refractivity contribution >= 4 is 81.8 Å². The molecule has 4 saturated carbocycles. The predicted molar refractivity (Wildman–Crippen MR) is 320 cm³/mol. The number of aromatic nitrogens is 4. The first kappa shape index (κ1) is 66.7. The van der Waals surface area contributed by atoms with Gasteiger partial charge in [-0.2, -0.15) is 0 Å². The molecule has 2 N–H and O–H groups in total. The van der Waals surface area contributed by atoms with Crippen molar-refractivity contribution in [2.75, 3.05) is 13.1 Å². The number of nitrogens with one attached hydrogen (secondary N) is 2. The van der Waals surface area contributed by atoms with Gasteiger partial charge in [0.15, 0.2) is 0 Å². The van der Waals surface area contributed by atoms with Crippen molar-refractivity contribution < 1.29 is 84.8 Å². The largest absolute Gasteiger partial charge is 0.540 e. The summed E-state index contributed by atoms with van der Waals surface area (Å²) < 4.78 is 25.1. The van der Waals surface area contributed by atoms with Gasteiger partial charge in [0, 0.05) is 47.2 Å². The van der Waals surface area contributed by atoms with E-state index in [1.165, 1.54) is 22.6 Å². The summed E-state index contributed by atoms with van der Waals surface area (Å²) >= 11 is 12.5. The third-order valence-corrected chi connectivity index (χ3v) is 20.2. The van der Waals surface area contributed by atoms with Gasteiger partial charge in [-0.05, 0) is 159 Å². The Morgan fingerprint density at radius 3 is 1.43 bits per heavy atom. The topological polar surface area (TPSA) is 221 Å². The molecule has 2 aromatic carbocycles. The molecule has 18 nitrogen and oxygen atoms in total. The van der Waals surface area contributed by atoms with Gasteiger partial charge in [0.05, 0.1) is 35.2 Å². The molecule has 2 radical (unpaired) electrons. The van der Waals surface area contributed by atoms with E-state index in [0.717, 1.165) is 86.6 Å². The number of carbonyl (C=O) groups excluding carboxylic acids is 6. The zero-order chi connectivity index (χ0) is 60.2. The Kier molecular flexibility index (Phi) is 21.0. The van der Waals surface area contributed by atoms with Crippen molar-refractivity contribution in [3.63, 3.8) is 0 Å². The number of benzene rings is 2. The Bertz CT molecular complexity index is 3200. The van der Waals surface area contributed by atoms with Crippen LogP contribution < -0.4 is 20.1 Å². The summed E-state index contributed by atoms with van der Waals surface area (Å²) in [6.07, 6.45) is 15.9. The maximum Gasteiger partial charge on any atom is 0.408 e. The molecular weight excluding hydrogens is 1230 g/mol. The summed E-state index contributed by atoms with van der Waals surface area (Å²) in [4.78, 5) is 102. The number of carbonyl (C=O) groups is 4. The normalized spacial score (nSPS) is 32.8. The van der Waals surface area contributed by atoms with E-state index in [1.54, 1.807) is 24.3 Å². The van der Waals surface area contributed by atoms with Gasteiger partial charge in [-0.1, -0.05) is 123 Å². The van der Waals surface area contributed by atoms with E-state index in [2.05, 4.69) is 23.2 Å². The minimum absolute atomic E-state index is 0. The Hall–Kier alpha value is -4.71. The first-order chi connectivity index (χ1) is 40.6. The van der Waals surface area contributed by atoms with Gasteiger partial charge < -0.3 is 49.0 Å². The van der Waals surface area contributed by atoms with Crippen molar-refractivity contribution in [1.82, 2.24) is 40.4 Å². The number of hydrogen-bond donors (Lipinski definition) is 2. The average molecular weight is 1310 g/mol. The second-order valence-corrected chi connectivity index (χ2v) is 28.5. The average Bonchev–Trinajstić information content (AvgIpc) is 1.80. The van der Waals surface area contributed by atoms with Crippen LogP contribution in [0.4, 0.5) is 9.59 Å².